The van der Waals surface area contributed by atoms with Crippen molar-refractivity contribution in [3.05, 3.63) is 0 Å². The molecule has 0 radical (unpaired) electrons. The first-order valence-corrected chi connectivity index (χ1v) is 5.09. The largest absolute Gasteiger partial charge is 0.401 e. The average Bonchev–Trinajstić information content (AvgIpc) is 2.10. The van der Waals surface area contributed by atoms with Crippen molar-refractivity contribution in [1.29, 1.82) is 0 Å². The molecule has 6 heteroatoms. The SMILES string of the molecule is NCCN(CCCCCO)CC(F)(F)F. The zero-order chi connectivity index (χ0) is 11.7. The second-order valence-corrected chi connectivity index (χ2v) is 3.46. The van der Waals surface area contributed by atoms with E-state index in [1.165, 1.54) is 4.90 Å². The van der Waals surface area contributed by atoms with E-state index in [9.17, 15) is 13.2 Å². The average molecular weight is 228 g/mol. The third kappa shape index (κ3) is 9.96. The van der Waals surface area contributed by atoms with E-state index in [0.717, 1.165) is 6.42 Å². The Morgan fingerprint density at radius 1 is 1.07 bits per heavy atom. The van der Waals surface area contributed by atoms with Gasteiger partial charge >= 0.3 is 6.18 Å². The molecule has 0 amide bonds. The highest BCUT2D eigenvalue weighted by Gasteiger charge is 2.29. The summed E-state index contributed by atoms with van der Waals surface area (Å²) in [7, 11) is 0. The van der Waals surface area contributed by atoms with Crippen molar-refractivity contribution in [2.24, 2.45) is 5.73 Å². The minimum absolute atomic E-state index is 0.0934. The van der Waals surface area contributed by atoms with Gasteiger partial charge in [-0.15, -0.1) is 0 Å². The van der Waals surface area contributed by atoms with Gasteiger partial charge in [-0.25, -0.2) is 0 Å². The van der Waals surface area contributed by atoms with Gasteiger partial charge in [-0.2, -0.15) is 13.2 Å². The fraction of sp³-hybridized carbons (Fsp3) is 1.00. The van der Waals surface area contributed by atoms with Gasteiger partial charge in [0.2, 0.25) is 0 Å². The predicted octanol–water partition coefficient (Wildman–Crippen LogP) is 0.972. The molecule has 0 fully saturated rings. The fourth-order valence-corrected chi connectivity index (χ4v) is 1.33. The summed E-state index contributed by atoms with van der Waals surface area (Å²) in [5.74, 6) is 0. The van der Waals surface area contributed by atoms with Crippen molar-refractivity contribution in [3.63, 3.8) is 0 Å². The maximum absolute atomic E-state index is 12.1. The van der Waals surface area contributed by atoms with Gasteiger partial charge in [0.25, 0.3) is 0 Å². The number of nitrogens with zero attached hydrogens (tertiary/aromatic N) is 1. The summed E-state index contributed by atoms with van der Waals surface area (Å²) in [5, 5.41) is 8.51. The lowest BCUT2D eigenvalue weighted by Crippen LogP contribution is -2.38. The number of hydrogen-bond donors (Lipinski definition) is 2. The Kier molecular flexibility index (Phi) is 7.72. The van der Waals surface area contributed by atoms with Gasteiger partial charge in [-0.1, -0.05) is 0 Å². The predicted molar refractivity (Wildman–Crippen MR) is 52.5 cm³/mol. The maximum atomic E-state index is 12.1. The first-order chi connectivity index (χ1) is 6.99. The Morgan fingerprint density at radius 3 is 2.20 bits per heavy atom. The molecule has 0 heterocycles. The minimum atomic E-state index is -4.16. The summed E-state index contributed by atoms with van der Waals surface area (Å²) in [6, 6.07) is 0. The quantitative estimate of drug-likeness (QED) is 0.609. The first kappa shape index (κ1) is 14.7. The van der Waals surface area contributed by atoms with Crippen LogP contribution < -0.4 is 5.73 Å². The summed E-state index contributed by atoms with van der Waals surface area (Å²) in [4.78, 5) is 1.30. The lowest BCUT2D eigenvalue weighted by atomic mass is 10.2. The number of alkyl halides is 3. The summed E-state index contributed by atoms with van der Waals surface area (Å²) in [6.45, 7) is 0.0743. The summed E-state index contributed by atoms with van der Waals surface area (Å²) in [6.07, 6.45) is -2.11. The fourth-order valence-electron chi connectivity index (χ4n) is 1.33. The Hall–Kier alpha value is -0.330. The molecule has 15 heavy (non-hydrogen) atoms. The van der Waals surface area contributed by atoms with Crippen LogP contribution in [0, 0.1) is 0 Å². The molecule has 0 saturated heterocycles. The number of unbranched alkanes of at least 4 members (excludes halogenated alkanes) is 2. The molecule has 0 bridgehead atoms. The number of aliphatic hydroxyl groups is 1. The van der Waals surface area contributed by atoms with Crippen molar-refractivity contribution in [2.45, 2.75) is 25.4 Å². The van der Waals surface area contributed by atoms with Gasteiger partial charge < -0.3 is 10.8 Å². The lowest BCUT2D eigenvalue weighted by Gasteiger charge is -2.22. The van der Waals surface area contributed by atoms with E-state index >= 15 is 0 Å². The molecule has 0 unspecified atom stereocenters. The maximum Gasteiger partial charge on any atom is 0.401 e. The lowest BCUT2D eigenvalue weighted by molar-refractivity contribution is -0.145. The van der Waals surface area contributed by atoms with E-state index < -0.39 is 12.7 Å². The van der Waals surface area contributed by atoms with Crippen molar-refractivity contribution < 1.29 is 18.3 Å². The molecule has 92 valence electrons. The number of halogens is 3. The number of aliphatic hydroxyl groups excluding tert-OH is 1. The van der Waals surface area contributed by atoms with Gasteiger partial charge in [0.1, 0.15) is 0 Å². The van der Waals surface area contributed by atoms with Gasteiger partial charge in [0.05, 0.1) is 6.54 Å². The summed E-state index contributed by atoms with van der Waals surface area (Å²) >= 11 is 0. The van der Waals surface area contributed by atoms with Gasteiger partial charge in [-0.05, 0) is 25.8 Å². The van der Waals surface area contributed by atoms with Crippen LogP contribution in [0.15, 0.2) is 0 Å². The minimum Gasteiger partial charge on any atom is -0.396 e. The molecule has 0 aromatic heterocycles. The highest BCUT2D eigenvalue weighted by atomic mass is 19.4. The smallest absolute Gasteiger partial charge is 0.396 e. The zero-order valence-electron chi connectivity index (χ0n) is 8.76. The second-order valence-electron chi connectivity index (χ2n) is 3.46. The summed E-state index contributed by atoms with van der Waals surface area (Å²) < 4.78 is 36.2. The molecule has 3 N–H and O–H groups in total. The van der Waals surface area contributed by atoms with Crippen LogP contribution in [0.4, 0.5) is 13.2 Å². The zero-order valence-corrected chi connectivity index (χ0v) is 8.76. The highest BCUT2D eigenvalue weighted by Crippen LogP contribution is 2.16. The number of rotatable bonds is 8. The van der Waals surface area contributed by atoms with E-state index in [-0.39, 0.29) is 19.7 Å². The van der Waals surface area contributed by atoms with E-state index in [1.54, 1.807) is 0 Å². The van der Waals surface area contributed by atoms with Crippen LogP contribution in [0.2, 0.25) is 0 Å². The monoisotopic (exact) mass is 228 g/mol. The van der Waals surface area contributed by atoms with Crippen LogP contribution in [-0.4, -0.2) is 49.0 Å². The molecule has 0 rings (SSSR count). The van der Waals surface area contributed by atoms with Gasteiger partial charge in [0.15, 0.2) is 0 Å². The van der Waals surface area contributed by atoms with Crippen molar-refractivity contribution >= 4 is 0 Å². The summed E-state index contributed by atoms with van der Waals surface area (Å²) in [5.41, 5.74) is 5.23. The van der Waals surface area contributed by atoms with E-state index in [1.807, 2.05) is 0 Å². The Balaban J connectivity index is 3.73. The molecular weight excluding hydrogens is 209 g/mol. The van der Waals surface area contributed by atoms with E-state index in [2.05, 4.69) is 0 Å². The molecule has 0 aliphatic carbocycles. The molecular formula is C9H19F3N2O. The van der Waals surface area contributed by atoms with Crippen LogP contribution >= 0.6 is 0 Å². The molecule has 0 spiro atoms. The number of hydrogen-bond acceptors (Lipinski definition) is 3. The normalized spacial score (nSPS) is 12.4. The standard InChI is InChI=1S/C9H19F3N2O/c10-9(11,12)8-14(6-4-13)5-2-1-3-7-15/h15H,1-8,13H2. The highest BCUT2D eigenvalue weighted by molar-refractivity contribution is 4.63. The molecule has 0 aromatic rings. The third-order valence-electron chi connectivity index (χ3n) is 1.98. The molecule has 3 nitrogen and oxygen atoms in total. The molecule has 0 aromatic carbocycles. The molecule has 0 aliphatic heterocycles. The van der Waals surface area contributed by atoms with Crippen molar-refractivity contribution in [3.8, 4) is 0 Å². The van der Waals surface area contributed by atoms with E-state index in [0.29, 0.717) is 19.4 Å². The Labute approximate surface area is 88.0 Å². The van der Waals surface area contributed by atoms with Gasteiger partial charge in [0, 0.05) is 19.7 Å². The van der Waals surface area contributed by atoms with Crippen LogP contribution in [0.25, 0.3) is 0 Å². The molecule has 0 aliphatic rings. The molecule has 0 saturated carbocycles. The van der Waals surface area contributed by atoms with Crippen LogP contribution in [0.5, 0.6) is 0 Å². The van der Waals surface area contributed by atoms with Gasteiger partial charge in [-0.3, -0.25) is 4.90 Å². The van der Waals surface area contributed by atoms with Crippen LogP contribution in [0.1, 0.15) is 19.3 Å². The van der Waals surface area contributed by atoms with Crippen molar-refractivity contribution in [2.75, 3.05) is 32.8 Å². The number of nitrogens with two attached hydrogens (primary N) is 1. The third-order valence-corrected chi connectivity index (χ3v) is 1.98. The van der Waals surface area contributed by atoms with E-state index in [4.69, 9.17) is 10.8 Å². The second kappa shape index (κ2) is 7.90. The van der Waals surface area contributed by atoms with Crippen LogP contribution in [0.3, 0.4) is 0 Å². The first-order valence-electron chi connectivity index (χ1n) is 5.09. The van der Waals surface area contributed by atoms with Crippen molar-refractivity contribution in [1.82, 2.24) is 4.90 Å². The Bertz CT molecular complexity index is 153. The molecule has 0 atom stereocenters. The van der Waals surface area contributed by atoms with Crippen LogP contribution in [-0.2, 0) is 0 Å². The topological polar surface area (TPSA) is 49.5 Å². The Morgan fingerprint density at radius 2 is 1.73 bits per heavy atom.